The van der Waals surface area contributed by atoms with Crippen molar-refractivity contribution in [3.8, 4) is 0 Å². The standard InChI is InChI=1S/C5H6/c1-5-2-3(5)4(2)5/h2-4H,1H3. The molecule has 4 fully saturated rings. The van der Waals surface area contributed by atoms with E-state index in [9.17, 15) is 0 Å². The predicted octanol–water partition coefficient (Wildman–Crippen LogP) is 0.882. The van der Waals surface area contributed by atoms with E-state index in [0.717, 1.165) is 5.41 Å². The second-order valence-electron chi connectivity index (χ2n) is 2.94. The minimum Gasteiger partial charge on any atom is -0.0588 e. The Morgan fingerprint density at radius 3 is 1.40 bits per heavy atom. The first-order chi connectivity index (χ1) is 2.37. The number of hydrogen-bond acceptors (Lipinski definition) is 0. The van der Waals surface area contributed by atoms with E-state index in [4.69, 9.17) is 0 Å². The summed E-state index contributed by atoms with van der Waals surface area (Å²) in [6.45, 7) is 2.41. The number of rotatable bonds is 0. The smallest absolute Gasteiger partial charge is 0.0223 e. The summed E-state index contributed by atoms with van der Waals surface area (Å²) in [4.78, 5) is 0. The van der Waals surface area contributed by atoms with Crippen LogP contribution in [0.5, 0.6) is 0 Å². The van der Waals surface area contributed by atoms with Gasteiger partial charge in [0.15, 0.2) is 0 Å². The third kappa shape index (κ3) is 0.0331. The van der Waals surface area contributed by atoms with Crippen LogP contribution >= 0.6 is 0 Å². The average Bonchev–Trinajstić information content (AvgIpc) is 1.63. The second kappa shape index (κ2) is 0.160. The van der Waals surface area contributed by atoms with Crippen molar-refractivity contribution in [3.05, 3.63) is 0 Å². The topological polar surface area (TPSA) is 0 Å². The molecule has 0 aromatic rings. The molecule has 0 amide bonds. The lowest BCUT2D eigenvalue weighted by Crippen LogP contribution is -1.48. The van der Waals surface area contributed by atoms with E-state index >= 15 is 0 Å². The summed E-state index contributed by atoms with van der Waals surface area (Å²) in [6.07, 6.45) is 0. The van der Waals surface area contributed by atoms with Gasteiger partial charge in [-0.1, -0.05) is 6.92 Å². The quantitative estimate of drug-likeness (QED) is 0.394. The van der Waals surface area contributed by atoms with Crippen LogP contribution in [0.25, 0.3) is 0 Å². The zero-order valence-corrected chi connectivity index (χ0v) is 3.23. The maximum atomic E-state index is 2.41. The van der Waals surface area contributed by atoms with Gasteiger partial charge in [-0.15, -0.1) is 0 Å². The van der Waals surface area contributed by atoms with Gasteiger partial charge in [0.1, 0.15) is 0 Å². The molecule has 0 unspecified atom stereocenters. The third-order valence-corrected chi connectivity index (χ3v) is 2.85. The molecule has 0 saturated heterocycles. The summed E-state index contributed by atoms with van der Waals surface area (Å²) in [5, 5.41) is 0. The van der Waals surface area contributed by atoms with E-state index in [1.54, 1.807) is 0 Å². The highest BCUT2D eigenvalue weighted by Crippen LogP contribution is 3.09. The lowest BCUT2D eigenvalue weighted by Gasteiger charge is -1.55. The van der Waals surface area contributed by atoms with Crippen molar-refractivity contribution in [2.24, 2.45) is 23.2 Å². The monoisotopic (exact) mass is 66.0 g/mol. The largest absolute Gasteiger partial charge is 0.0588 e. The molecule has 4 saturated carbocycles. The van der Waals surface area contributed by atoms with Crippen LogP contribution in [0.3, 0.4) is 0 Å². The molecule has 0 heteroatoms. The molecule has 0 aromatic carbocycles. The minimum absolute atomic E-state index is 1.00. The van der Waals surface area contributed by atoms with Gasteiger partial charge in [-0.3, -0.25) is 0 Å². The van der Waals surface area contributed by atoms with Crippen LogP contribution in [-0.2, 0) is 0 Å². The lowest BCUT2D eigenvalue weighted by atomic mass is 10.5. The molecule has 4 rings (SSSR count). The summed E-state index contributed by atoms with van der Waals surface area (Å²) in [6, 6.07) is 0. The Hall–Kier alpha value is 0. The average molecular weight is 66.1 g/mol. The normalized spacial score (nSPS) is 104. The first-order valence-electron chi connectivity index (χ1n) is 2.37. The first kappa shape index (κ1) is 1.63. The summed E-state index contributed by atoms with van der Waals surface area (Å²) in [5.74, 6) is 3.84. The van der Waals surface area contributed by atoms with Gasteiger partial charge in [0, 0.05) is 0 Å². The molecule has 4 aliphatic carbocycles. The molecule has 4 aliphatic rings. The maximum Gasteiger partial charge on any atom is -0.0223 e. The molecule has 0 radical (unpaired) electrons. The maximum absolute atomic E-state index is 2.41. The van der Waals surface area contributed by atoms with E-state index in [1.165, 1.54) is 17.8 Å². The first-order valence-corrected chi connectivity index (χ1v) is 2.37. The number of hydrogen-bond donors (Lipinski definition) is 0. The van der Waals surface area contributed by atoms with Gasteiger partial charge in [0.25, 0.3) is 0 Å². The van der Waals surface area contributed by atoms with Crippen LogP contribution in [0.1, 0.15) is 6.92 Å². The Kier molecular flexibility index (Phi) is 0.0522. The minimum atomic E-state index is 1.00. The van der Waals surface area contributed by atoms with Gasteiger partial charge in [0.05, 0.1) is 0 Å². The van der Waals surface area contributed by atoms with Gasteiger partial charge in [-0.25, -0.2) is 0 Å². The fourth-order valence-corrected chi connectivity index (χ4v) is 1.76. The molecule has 0 atom stereocenters. The van der Waals surface area contributed by atoms with Crippen LogP contribution in [0.4, 0.5) is 0 Å². The SMILES string of the molecule is CC12C3C1C32. The van der Waals surface area contributed by atoms with Crippen molar-refractivity contribution in [1.29, 1.82) is 0 Å². The summed E-state index contributed by atoms with van der Waals surface area (Å²) in [7, 11) is 0. The Morgan fingerprint density at radius 2 is 1.40 bits per heavy atom. The molecule has 0 heterocycles. The molecular weight excluding hydrogens is 60.1 g/mol. The summed E-state index contributed by atoms with van der Waals surface area (Å²) in [5.41, 5.74) is 1.00. The van der Waals surface area contributed by atoms with E-state index in [2.05, 4.69) is 6.92 Å². The zero-order chi connectivity index (χ0) is 3.23. The molecule has 0 N–H and O–H groups in total. The zero-order valence-electron chi connectivity index (χ0n) is 3.23. The fourth-order valence-electron chi connectivity index (χ4n) is 1.76. The summed E-state index contributed by atoms with van der Waals surface area (Å²) >= 11 is 0. The molecule has 0 spiro atoms. The van der Waals surface area contributed by atoms with Gasteiger partial charge in [0.2, 0.25) is 0 Å². The van der Waals surface area contributed by atoms with Gasteiger partial charge >= 0.3 is 0 Å². The Balaban J connectivity index is 2.55. The summed E-state index contributed by atoms with van der Waals surface area (Å²) < 4.78 is 0. The van der Waals surface area contributed by atoms with Crippen molar-refractivity contribution in [2.45, 2.75) is 6.92 Å². The molecule has 0 nitrogen and oxygen atoms in total. The van der Waals surface area contributed by atoms with E-state index < -0.39 is 0 Å². The van der Waals surface area contributed by atoms with Crippen molar-refractivity contribution < 1.29 is 0 Å². The Labute approximate surface area is 31.2 Å². The van der Waals surface area contributed by atoms with Gasteiger partial charge < -0.3 is 0 Å². The Morgan fingerprint density at radius 1 is 1.20 bits per heavy atom. The highest BCUT2D eigenvalue weighted by molar-refractivity contribution is 5.52. The van der Waals surface area contributed by atoms with Crippen LogP contribution in [-0.4, -0.2) is 0 Å². The Bertz CT molecular complexity index is 87.4. The van der Waals surface area contributed by atoms with Crippen LogP contribution in [0, 0.1) is 23.2 Å². The predicted molar refractivity (Wildman–Crippen MR) is 18.6 cm³/mol. The van der Waals surface area contributed by atoms with E-state index in [1.807, 2.05) is 0 Å². The molecule has 5 heavy (non-hydrogen) atoms. The van der Waals surface area contributed by atoms with Crippen molar-refractivity contribution in [3.63, 3.8) is 0 Å². The third-order valence-electron chi connectivity index (χ3n) is 2.85. The van der Waals surface area contributed by atoms with Crippen molar-refractivity contribution in [1.82, 2.24) is 0 Å². The van der Waals surface area contributed by atoms with Crippen molar-refractivity contribution in [2.75, 3.05) is 0 Å². The lowest BCUT2D eigenvalue weighted by molar-refractivity contribution is 0.937. The molecule has 0 aromatic heterocycles. The highest BCUT2D eigenvalue weighted by atomic mass is 15.1. The molecule has 0 aliphatic heterocycles. The highest BCUT2D eigenvalue weighted by Gasteiger charge is 3.06. The van der Waals surface area contributed by atoms with Gasteiger partial charge in [-0.2, -0.15) is 0 Å². The van der Waals surface area contributed by atoms with E-state index in [0.29, 0.717) is 0 Å². The van der Waals surface area contributed by atoms with Crippen LogP contribution < -0.4 is 0 Å². The van der Waals surface area contributed by atoms with Crippen LogP contribution in [0.2, 0.25) is 0 Å². The molecular formula is C5H6. The molecule has 0 bridgehead atoms. The van der Waals surface area contributed by atoms with E-state index in [-0.39, 0.29) is 0 Å². The fraction of sp³-hybridized carbons (Fsp3) is 1.00. The van der Waals surface area contributed by atoms with Crippen LogP contribution in [0.15, 0.2) is 0 Å². The van der Waals surface area contributed by atoms with Crippen molar-refractivity contribution >= 4 is 0 Å². The van der Waals surface area contributed by atoms with Gasteiger partial charge in [-0.05, 0) is 23.2 Å². The molecule has 26 valence electrons. The second-order valence-corrected chi connectivity index (χ2v) is 2.94.